The van der Waals surface area contributed by atoms with Crippen LogP contribution >= 0.6 is 7.82 Å². The first-order valence-electron chi connectivity index (χ1n) is 30.3. The predicted octanol–water partition coefficient (Wildman–Crippen LogP) is 19.5. The van der Waals surface area contributed by atoms with Gasteiger partial charge in [0.1, 0.15) is 19.3 Å². The summed E-state index contributed by atoms with van der Waals surface area (Å²) in [5.74, 6) is -0.316. The van der Waals surface area contributed by atoms with Crippen LogP contribution < -0.4 is 0 Å². The average molecular weight is 1040 g/mol. The second-order valence-electron chi connectivity index (χ2n) is 21.3. The van der Waals surface area contributed by atoms with Gasteiger partial charge in [-0.25, -0.2) is 4.57 Å². The zero-order chi connectivity index (χ0) is 53.3. The zero-order valence-electron chi connectivity index (χ0n) is 48.4. The number of hydrogen-bond acceptors (Lipinski definition) is 6. The lowest BCUT2D eigenvalue weighted by molar-refractivity contribution is -0.870. The molecule has 2 unspecified atom stereocenters. The first kappa shape index (κ1) is 70.7. The van der Waals surface area contributed by atoms with E-state index in [1.54, 1.807) is 0 Å². The molecule has 0 aliphatic heterocycles. The molecule has 0 aromatic carbocycles. The first-order chi connectivity index (χ1) is 35.6. The van der Waals surface area contributed by atoms with Gasteiger partial charge in [0, 0.05) is 13.0 Å². The molecule has 0 aromatic rings. The Kier molecular flexibility index (Phi) is 54.1. The lowest BCUT2D eigenvalue weighted by atomic mass is 10.0. The number of phosphoric acid groups is 1. The summed E-state index contributed by atoms with van der Waals surface area (Å²) in [6.07, 6.45) is 76.5. The number of rotatable bonds is 56. The second-order valence-corrected chi connectivity index (χ2v) is 22.8. The molecule has 1 N–H and O–H groups in total. The SMILES string of the molecule is CC/C=C\C/C=C\C/C=C\C/C=C\C/C=C\CCCCCCCCCCCCOCC(COP(=O)(O)OCC[N+](C)(C)C)OC(=O)CCCCCCCCCCCCCCC/C=C\C/C=C\CCCCCCC. The molecule has 9 heteroatoms. The standard InChI is InChI=1S/C64H116NO7P/c1-6-8-10-12-14-16-18-20-22-24-26-28-30-32-34-36-38-40-42-44-46-48-50-52-54-56-59-69-61-63(62-71-73(67,68)70-60-58-65(3,4)5)72-64(66)57-55-53-51-49-47-45-43-41-39-37-35-33-31-29-27-25-23-21-19-17-15-13-11-9-7-2/h8,10,14,16,19-22,25-28,32,34,63H,6-7,9,11-13,15,17-18,23-24,29-31,33,35-62H2,1-5H3/p+1/b10-8-,16-14-,21-19-,22-20-,27-25-,28-26-,34-32-. The van der Waals surface area contributed by atoms with Crippen LogP contribution in [0.1, 0.15) is 258 Å². The molecule has 0 saturated carbocycles. The van der Waals surface area contributed by atoms with Crippen LogP contribution in [0.25, 0.3) is 0 Å². The van der Waals surface area contributed by atoms with Gasteiger partial charge in [-0.15, -0.1) is 0 Å². The number of quaternary nitrogens is 1. The summed E-state index contributed by atoms with van der Waals surface area (Å²) in [5, 5.41) is 0. The minimum atomic E-state index is -4.29. The first-order valence-corrected chi connectivity index (χ1v) is 31.8. The zero-order valence-corrected chi connectivity index (χ0v) is 49.3. The van der Waals surface area contributed by atoms with Gasteiger partial charge in [-0.2, -0.15) is 0 Å². The molecule has 0 bridgehead atoms. The second kappa shape index (κ2) is 55.9. The number of phosphoric ester groups is 1. The maximum Gasteiger partial charge on any atom is 0.472 e. The highest BCUT2D eigenvalue weighted by atomic mass is 31.2. The maximum atomic E-state index is 12.8. The fourth-order valence-corrected chi connectivity index (χ4v) is 9.06. The van der Waals surface area contributed by atoms with E-state index in [9.17, 15) is 14.3 Å². The summed E-state index contributed by atoms with van der Waals surface area (Å²) >= 11 is 0. The Morgan fingerprint density at radius 3 is 1.19 bits per heavy atom. The number of hydrogen-bond donors (Lipinski definition) is 1. The number of carbonyl (C=O) groups excluding carboxylic acids is 1. The van der Waals surface area contributed by atoms with Crippen LogP contribution in [0, 0.1) is 0 Å². The smallest absolute Gasteiger partial charge is 0.457 e. The molecule has 0 heterocycles. The number of carbonyl (C=O) groups is 1. The molecule has 0 fully saturated rings. The number of allylic oxidation sites excluding steroid dienone is 14. The molecule has 0 aromatic heterocycles. The van der Waals surface area contributed by atoms with Crippen LogP contribution in [0.4, 0.5) is 0 Å². The molecule has 0 rings (SSSR count). The highest BCUT2D eigenvalue weighted by molar-refractivity contribution is 7.47. The van der Waals surface area contributed by atoms with E-state index in [0.717, 1.165) is 70.6 Å². The molecule has 2 atom stereocenters. The van der Waals surface area contributed by atoms with Gasteiger partial charge in [-0.3, -0.25) is 13.8 Å². The van der Waals surface area contributed by atoms with Gasteiger partial charge in [-0.05, 0) is 89.9 Å². The van der Waals surface area contributed by atoms with Gasteiger partial charge in [-0.1, -0.05) is 247 Å². The molecule has 0 amide bonds. The van der Waals surface area contributed by atoms with Crippen molar-refractivity contribution >= 4 is 13.8 Å². The molecule has 0 saturated heterocycles. The third-order valence-electron chi connectivity index (χ3n) is 12.9. The van der Waals surface area contributed by atoms with E-state index in [1.807, 2.05) is 21.1 Å². The van der Waals surface area contributed by atoms with Gasteiger partial charge in [0.25, 0.3) is 0 Å². The quantitative estimate of drug-likeness (QED) is 0.0213. The monoisotopic (exact) mass is 1040 g/mol. The molecule has 0 aliphatic carbocycles. The Balaban J connectivity index is 4.07. The number of likely N-dealkylation sites (N-methyl/N-ethyl adjacent to an activating group) is 1. The summed E-state index contributed by atoms with van der Waals surface area (Å²) < 4.78 is 35.3. The van der Waals surface area contributed by atoms with Crippen molar-refractivity contribution < 1.29 is 37.3 Å². The van der Waals surface area contributed by atoms with Gasteiger partial charge in [0.05, 0.1) is 34.4 Å². The lowest BCUT2D eigenvalue weighted by Crippen LogP contribution is -2.37. The average Bonchev–Trinajstić information content (AvgIpc) is 3.35. The molecular weight excluding hydrogens is 926 g/mol. The van der Waals surface area contributed by atoms with Crippen LogP contribution in [0.3, 0.4) is 0 Å². The summed E-state index contributed by atoms with van der Waals surface area (Å²) in [6, 6.07) is 0. The lowest BCUT2D eigenvalue weighted by Gasteiger charge is -2.24. The van der Waals surface area contributed by atoms with Crippen LogP contribution in [-0.4, -0.2) is 75.6 Å². The highest BCUT2D eigenvalue weighted by Gasteiger charge is 2.26. The van der Waals surface area contributed by atoms with E-state index >= 15 is 0 Å². The maximum absolute atomic E-state index is 12.8. The topological polar surface area (TPSA) is 91.3 Å². The number of nitrogens with zero attached hydrogens (tertiary/aromatic N) is 1. The Hall–Kier alpha value is -2.32. The number of unbranched alkanes of at least 4 members (excludes halogenated alkanes) is 28. The molecule has 424 valence electrons. The minimum absolute atomic E-state index is 0.0846. The normalized spacial score (nSPS) is 14.0. The fourth-order valence-electron chi connectivity index (χ4n) is 8.32. The molecule has 0 spiro atoms. The van der Waals surface area contributed by atoms with Crippen LogP contribution in [-0.2, 0) is 27.9 Å². The third kappa shape index (κ3) is 60.4. The van der Waals surface area contributed by atoms with Crippen molar-refractivity contribution in [2.24, 2.45) is 0 Å². The van der Waals surface area contributed by atoms with E-state index in [4.69, 9.17) is 18.5 Å². The van der Waals surface area contributed by atoms with Gasteiger partial charge >= 0.3 is 13.8 Å². The van der Waals surface area contributed by atoms with E-state index in [2.05, 4.69) is 98.9 Å². The van der Waals surface area contributed by atoms with Crippen molar-refractivity contribution in [1.29, 1.82) is 0 Å². The van der Waals surface area contributed by atoms with E-state index < -0.39 is 13.9 Å². The Morgan fingerprint density at radius 1 is 0.438 bits per heavy atom. The largest absolute Gasteiger partial charge is 0.472 e. The summed E-state index contributed by atoms with van der Waals surface area (Å²) in [5.41, 5.74) is 0. The molecule has 0 aliphatic rings. The molecule has 8 nitrogen and oxygen atoms in total. The fraction of sp³-hybridized carbons (Fsp3) is 0.766. The van der Waals surface area contributed by atoms with Crippen molar-refractivity contribution in [3.8, 4) is 0 Å². The van der Waals surface area contributed by atoms with Crippen LogP contribution in [0.2, 0.25) is 0 Å². The minimum Gasteiger partial charge on any atom is -0.457 e. The van der Waals surface area contributed by atoms with E-state index in [1.165, 1.54) is 167 Å². The van der Waals surface area contributed by atoms with Crippen molar-refractivity contribution in [2.75, 3.05) is 54.1 Å². The Labute approximate surface area is 452 Å². The Morgan fingerprint density at radius 2 is 0.795 bits per heavy atom. The van der Waals surface area contributed by atoms with Crippen LogP contribution in [0.5, 0.6) is 0 Å². The number of esters is 1. The Bertz CT molecular complexity index is 1440. The van der Waals surface area contributed by atoms with Crippen molar-refractivity contribution in [2.45, 2.75) is 264 Å². The van der Waals surface area contributed by atoms with Crippen molar-refractivity contribution in [3.63, 3.8) is 0 Å². The van der Waals surface area contributed by atoms with Gasteiger partial charge in [0.15, 0.2) is 0 Å². The van der Waals surface area contributed by atoms with Gasteiger partial charge in [0.2, 0.25) is 0 Å². The molecule has 0 radical (unpaired) electrons. The van der Waals surface area contributed by atoms with E-state index in [-0.39, 0.29) is 25.8 Å². The van der Waals surface area contributed by atoms with Crippen molar-refractivity contribution in [1.82, 2.24) is 0 Å². The van der Waals surface area contributed by atoms with Gasteiger partial charge < -0.3 is 18.9 Å². The molecule has 73 heavy (non-hydrogen) atoms. The highest BCUT2D eigenvalue weighted by Crippen LogP contribution is 2.43. The summed E-state index contributed by atoms with van der Waals surface area (Å²) in [7, 11) is 1.66. The van der Waals surface area contributed by atoms with Crippen LogP contribution in [0.15, 0.2) is 85.1 Å². The third-order valence-corrected chi connectivity index (χ3v) is 13.9. The summed E-state index contributed by atoms with van der Waals surface area (Å²) in [4.78, 5) is 23.1. The number of ether oxygens (including phenoxy) is 2. The predicted molar refractivity (Wildman–Crippen MR) is 316 cm³/mol. The molecular formula is C64H117NO7P+. The van der Waals surface area contributed by atoms with E-state index in [0.29, 0.717) is 24.1 Å². The summed E-state index contributed by atoms with van der Waals surface area (Å²) in [6.45, 7) is 5.51. The van der Waals surface area contributed by atoms with Crippen molar-refractivity contribution in [3.05, 3.63) is 85.1 Å².